The van der Waals surface area contributed by atoms with Crippen LogP contribution in [0.5, 0.6) is 0 Å². The molecule has 0 heterocycles. The van der Waals surface area contributed by atoms with E-state index in [1.807, 2.05) is 0 Å². The third kappa shape index (κ3) is 34.5. The lowest BCUT2D eigenvalue weighted by Crippen LogP contribution is -2.06. The van der Waals surface area contributed by atoms with Gasteiger partial charge in [-0.15, -0.1) is 0 Å². The van der Waals surface area contributed by atoms with Gasteiger partial charge < -0.3 is 0 Å². The number of hydrogen-bond donors (Lipinski definition) is 2. The second-order valence-corrected chi connectivity index (χ2v) is 2.39. The highest BCUT2D eigenvalue weighted by Crippen LogP contribution is 1.95. The Morgan fingerprint density at radius 1 is 0.135 bits per heavy atom. The van der Waals surface area contributed by atoms with Crippen LogP contribution in [0, 0.1) is 0 Å². The maximum Gasteiger partial charge on any atom is 0 e. The number of rotatable bonds is 34. The van der Waals surface area contributed by atoms with E-state index in [0.29, 0.717) is 0 Å². The van der Waals surface area contributed by atoms with E-state index in [9.17, 15) is 0 Å². The summed E-state index contributed by atoms with van der Waals surface area (Å²) in [6.45, 7) is 0. The van der Waals surface area contributed by atoms with Crippen LogP contribution >= 0.6 is 0 Å². The van der Waals surface area contributed by atoms with Crippen LogP contribution in [0.3, 0.4) is 0 Å². The fourth-order valence-electron chi connectivity index (χ4n) is 0.376. The van der Waals surface area contributed by atoms with Crippen molar-refractivity contribution in [2.24, 2.45) is 0 Å². The average Bonchev–Trinajstić information content (AvgIpc) is 2.91. The summed E-state index contributed by atoms with van der Waals surface area (Å²) in [6.07, 6.45) is 0. The van der Waals surface area contributed by atoms with Gasteiger partial charge in [0.25, 0.3) is 0 Å². The highest BCUT2D eigenvalue weighted by Gasteiger charge is 2.02. The van der Waals surface area contributed by atoms with Gasteiger partial charge in [0.05, 0.1) is 0 Å². The summed E-state index contributed by atoms with van der Waals surface area (Å²) < 4.78 is 0. The van der Waals surface area contributed by atoms with E-state index >= 15 is 0 Å². The zero-order valence-corrected chi connectivity index (χ0v) is 15.2. The molecular weight excluding hydrogens is 592 g/mol. The molecule has 0 aromatic rings. The van der Waals surface area contributed by atoms with Crippen LogP contribution in [0.15, 0.2) is 0 Å². The van der Waals surface area contributed by atoms with Crippen molar-refractivity contribution in [2.45, 2.75) is 0 Å². The fourth-order valence-corrected chi connectivity index (χ4v) is 0.376. The highest BCUT2D eigenvalue weighted by molar-refractivity contribution is 3.11. The number of hydrogen-bond acceptors (Lipinski definition) is 37. The molecule has 37 heteroatoms. The summed E-state index contributed by atoms with van der Waals surface area (Å²) in [5.41, 5.74) is 0. The summed E-state index contributed by atoms with van der Waals surface area (Å²) in [5.74, 6) is 0. The molecule has 0 aromatic carbocycles. The van der Waals surface area contributed by atoms with Crippen LogP contribution in [-0.2, 0) is 176 Å². The van der Waals surface area contributed by atoms with Crippen molar-refractivity contribution >= 4 is 0 Å². The lowest BCUT2D eigenvalue weighted by atomic mass is 14.0. The first-order valence-corrected chi connectivity index (χ1v) is 6.03. The van der Waals surface area contributed by atoms with Crippen LogP contribution in [-0.4, -0.2) is 10.5 Å². The van der Waals surface area contributed by atoms with Crippen molar-refractivity contribution in [1.29, 1.82) is 0 Å². The predicted octanol–water partition coefficient (Wildman–Crippen LogP) is -2.38. The van der Waals surface area contributed by atoms with Gasteiger partial charge in [0.2, 0.25) is 0 Å². The van der Waals surface area contributed by atoms with Crippen LogP contribution in [0.4, 0.5) is 0 Å². The summed E-state index contributed by atoms with van der Waals surface area (Å²) in [4.78, 5) is 0. The van der Waals surface area contributed by atoms with E-state index in [2.05, 4.69) is 176 Å². The predicted molar refractivity (Wildman–Crippen MR) is 43.2 cm³/mol. The molecule has 0 bridgehead atoms. The monoisotopic (exact) mass is 594 g/mol. The van der Waals surface area contributed by atoms with Crippen molar-refractivity contribution in [1.82, 2.24) is 0 Å². The molecule has 0 spiro atoms. The van der Waals surface area contributed by atoms with Gasteiger partial charge in [0, 0.05) is 95.7 Å². The van der Waals surface area contributed by atoms with Crippen LogP contribution < -0.4 is 0 Å². The quantitative estimate of drug-likeness (QED) is 0.0446. The van der Waals surface area contributed by atoms with Gasteiger partial charge >= 0.3 is 0 Å². The first-order chi connectivity index (χ1) is 18.4. The Bertz CT molecular complexity index is 325. The van der Waals surface area contributed by atoms with E-state index in [4.69, 9.17) is 10.5 Å². The normalized spacial score (nSPS) is 11.5. The van der Waals surface area contributed by atoms with Crippen molar-refractivity contribution in [3.63, 3.8) is 0 Å². The van der Waals surface area contributed by atoms with E-state index in [1.165, 1.54) is 0 Å². The van der Waals surface area contributed by atoms with Crippen LogP contribution in [0.25, 0.3) is 0 Å². The van der Waals surface area contributed by atoms with Crippen molar-refractivity contribution in [2.75, 3.05) is 0 Å². The van der Waals surface area contributed by atoms with Gasteiger partial charge in [-0.25, -0.2) is 10.5 Å². The summed E-state index contributed by atoms with van der Waals surface area (Å²) in [7, 11) is 0. The average molecular weight is 594 g/mol. The Balaban J connectivity index is 3.00. The van der Waals surface area contributed by atoms with Gasteiger partial charge in [-0.2, -0.15) is 0 Å². The maximum absolute atomic E-state index is 7.54. The van der Waals surface area contributed by atoms with Crippen molar-refractivity contribution in [3.8, 4) is 0 Å². The van der Waals surface area contributed by atoms with Gasteiger partial charge in [0.15, 0.2) is 0 Å². The molecule has 0 fully saturated rings. The summed E-state index contributed by atoms with van der Waals surface area (Å²) in [6, 6.07) is 0. The third-order valence-corrected chi connectivity index (χ3v) is 0.950. The standard InChI is InChI=1S/H2O37/c1-3-5-7-9-11-13-15-17-19-21-23-25-27-29-31-33-35-37-36-34-32-30-28-26-24-22-20-18-16-14-12-10-8-6-4-2/h1-2H. The van der Waals surface area contributed by atoms with E-state index in [1.54, 1.807) is 0 Å². The minimum Gasteiger partial charge on any atom is -0.219 e. The highest BCUT2D eigenvalue weighted by atomic mass is 18.0. The van der Waals surface area contributed by atoms with Gasteiger partial charge in [-0.1, -0.05) is 0 Å². The van der Waals surface area contributed by atoms with Gasteiger partial charge in [-0.3, -0.25) is 0 Å². The Morgan fingerprint density at radius 2 is 0.216 bits per heavy atom. The Hall–Kier alpha value is -1.48. The molecule has 37 nitrogen and oxygen atoms in total. The Labute approximate surface area is 188 Å². The molecule has 0 radical (unpaired) electrons. The Morgan fingerprint density at radius 3 is 0.297 bits per heavy atom. The molecule has 0 unspecified atom stereocenters. The molecule has 0 atom stereocenters. The van der Waals surface area contributed by atoms with E-state index in [-0.39, 0.29) is 0 Å². The van der Waals surface area contributed by atoms with E-state index < -0.39 is 0 Å². The smallest absolute Gasteiger partial charge is 0 e. The molecule has 224 valence electrons. The van der Waals surface area contributed by atoms with Crippen LogP contribution in [0.1, 0.15) is 0 Å². The lowest BCUT2D eigenvalue weighted by Gasteiger charge is -1.99. The Kier molecular flexibility index (Phi) is 33.1. The molecule has 0 aliphatic rings. The molecule has 0 aliphatic carbocycles. The topological polar surface area (TPSA) is 364 Å². The first kappa shape index (κ1) is 35.5. The maximum atomic E-state index is 7.54. The molecule has 0 amide bonds. The van der Waals surface area contributed by atoms with Crippen molar-refractivity contribution in [3.05, 3.63) is 0 Å². The summed E-state index contributed by atoms with van der Waals surface area (Å²) >= 11 is 0. The third-order valence-electron chi connectivity index (χ3n) is 0.950. The zero-order valence-electron chi connectivity index (χ0n) is 15.2. The SMILES string of the molecule is OOOOOOOOOOOOOOOOOOOOOOOOOOOOOOOOOOOOO. The second kappa shape index (κ2) is 34.5. The van der Waals surface area contributed by atoms with Crippen molar-refractivity contribution < 1.29 is 187 Å². The molecule has 0 aromatic heterocycles. The minimum atomic E-state index is 2.87. The summed E-state index contributed by atoms with van der Waals surface area (Å²) in [5, 5.41) is 134. The van der Waals surface area contributed by atoms with Gasteiger partial charge in [-0.05, 0) is 80.6 Å². The van der Waals surface area contributed by atoms with Gasteiger partial charge in [0.1, 0.15) is 0 Å². The molecule has 2 N–H and O–H groups in total. The molecular formula is H2O37. The molecule has 0 saturated heterocycles. The molecule has 0 aliphatic heterocycles. The second-order valence-electron chi connectivity index (χ2n) is 2.39. The molecule has 37 heavy (non-hydrogen) atoms. The first-order valence-electron chi connectivity index (χ1n) is 6.03. The lowest BCUT2D eigenvalue weighted by molar-refractivity contribution is -0.907. The molecule has 0 saturated carbocycles. The fraction of sp³-hybridized carbons (Fsp3) is 0. The van der Waals surface area contributed by atoms with E-state index in [0.717, 1.165) is 0 Å². The van der Waals surface area contributed by atoms with Crippen LogP contribution in [0.2, 0.25) is 0 Å². The molecule has 0 rings (SSSR count). The largest absolute Gasteiger partial charge is 0.219 e. The minimum absolute atomic E-state index is 2.87. The zero-order chi connectivity index (χ0) is 26.7.